The third-order valence-corrected chi connectivity index (χ3v) is 5.46. The lowest BCUT2D eigenvalue weighted by Gasteiger charge is -2.30. The van der Waals surface area contributed by atoms with E-state index < -0.39 is 0 Å². The summed E-state index contributed by atoms with van der Waals surface area (Å²) < 4.78 is 0. The Morgan fingerprint density at radius 2 is 1.32 bits per heavy atom. The van der Waals surface area contributed by atoms with Crippen molar-refractivity contribution in [2.45, 2.75) is 60.2 Å². The highest BCUT2D eigenvalue weighted by Crippen LogP contribution is 2.25. The summed E-state index contributed by atoms with van der Waals surface area (Å²) in [6, 6.07) is 5.33. The van der Waals surface area contributed by atoms with Crippen LogP contribution >= 0.6 is 0 Å². The number of phenolic OH excluding ortho intramolecular Hbond substituents is 1. The fourth-order valence-corrected chi connectivity index (χ4v) is 3.73. The quantitative estimate of drug-likeness (QED) is 0.906. The van der Waals surface area contributed by atoms with Gasteiger partial charge in [0.15, 0.2) is 0 Å². The largest absolute Gasteiger partial charge is 0.507 e. The Morgan fingerprint density at radius 1 is 0.840 bits per heavy atom. The Morgan fingerprint density at radius 3 is 1.80 bits per heavy atom. The smallest absolute Gasteiger partial charge is 0.122 e. The van der Waals surface area contributed by atoms with Crippen molar-refractivity contribution in [3.8, 4) is 5.75 Å². The number of benzene rings is 1. The molecule has 1 N–H and O–H groups in total. The van der Waals surface area contributed by atoms with Crippen LogP contribution in [0, 0.1) is 13.8 Å². The molecule has 0 spiro atoms. The highest BCUT2D eigenvalue weighted by molar-refractivity contribution is 5.42. The molecule has 0 atom stereocenters. The Kier molecular flexibility index (Phi) is 7.29. The van der Waals surface area contributed by atoms with Gasteiger partial charge in [0.2, 0.25) is 0 Å². The molecule has 1 aliphatic rings. The topological polar surface area (TPSA) is 30.0 Å². The first-order valence-electron chi connectivity index (χ1n) is 9.77. The minimum absolute atomic E-state index is 0.465. The van der Waals surface area contributed by atoms with Crippen LogP contribution in [0.15, 0.2) is 12.1 Å². The number of aryl methyl sites for hydroxylation is 2. The van der Waals surface area contributed by atoms with E-state index in [9.17, 15) is 5.11 Å². The molecule has 0 saturated carbocycles. The predicted molar refractivity (Wildman–Crippen MR) is 106 cm³/mol. The van der Waals surface area contributed by atoms with E-state index in [-0.39, 0.29) is 0 Å². The number of aromatic hydroxyl groups is 1. The van der Waals surface area contributed by atoms with Gasteiger partial charge in [-0.1, -0.05) is 17.7 Å². The van der Waals surface area contributed by atoms with Gasteiger partial charge in [0, 0.05) is 63.5 Å². The molecule has 0 unspecified atom stereocenters. The molecule has 25 heavy (non-hydrogen) atoms. The molecule has 1 aromatic carbocycles. The molecular formula is C21H37N3O. The molecule has 1 aromatic rings. The average Bonchev–Trinajstić information content (AvgIpc) is 2.62. The maximum Gasteiger partial charge on any atom is 0.122 e. The van der Waals surface area contributed by atoms with E-state index in [1.807, 2.05) is 6.92 Å². The molecule has 4 heteroatoms. The van der Waals surface area contributed by atoms with E-state index in [1.165, 1.54) is 5.56 Å². The monoisotopic (exact) mass is 347 g/mol. The van der Waals surface area contributed by atoms with Crippen LogP contribution in [0.25, 0.3) is 0 Å². The molecule has 1 fully saturated rings. The zero-order valence-corrected chi connectivity index (χ0v) is 17.0. The van der Waals surface area contributed by atoms with Crippen molar-refractivity contribution < 1.29 is 5.11 Å². The second kappa shape index (κ2) is 9.02. The van der Waals surface area contributed by atoms with Gasteiger partial charge in [0.25, 0.3) is 0 Å². The molecule has 2 rings (SSSR count). The second-order valence-electron chi connectivity index (χ2n) is 8.13. The van der Waals surface area contributed by atoms with E-state index in [2.05, 4.69) is 61.5 Å². The number of hydrogen-bond donors (Lipinski definition) is 1. The van der Waals surface area contributed by atoms with Gasteiger partial charge in [-0.2, -0.15) is 0 Å². The highest BCUT2D eigenvalue weighted by Gasteiger charge is 2.20. The van der Waals surface area contributed by atoms with Crippen molar-refractivity contribution in [1.82, 2.24) is 14.7 Å². The van der Waals surface area contributed by atoms with Crippen LogP contribution in [-0.4, -0.2) is 71.2 Å². The highest BCUT2D eigenvalue weighted by atomic mass is 16.3. The maximum atomic E-state index is 10.5. The van der Waals surface area contributed by atoms with Crippen molar-refractivity contribution >= 4 is 0 Å². The van der Waals surface area contributed by atoms with Crippen molar-refractivity contribution in [3.05, 3.63) is 28.8 Å². The lowest BCUT2D eigenvalue weighted by Crippen LogP contribution is -2.41. The standard InChI is InChI=1S/C21H37N3O/c1-16(2)23-9-7-22(8-10-24(12-11-23)17(3)4)15-20-14-18(5)13-19(6)21(20)25/h13-14,16-17,25H,7-12,15H2,1-6H3. The molecule has 142 valence electrons. The molecule has 0 aliphatic carbocycles. The Labute approximate surface area is 154 Å². The van der Waals surface area contributed by atoms with Crippen LogP contribution in [0.5, 0.6) is 5.75 Å². The Hall–Kier alpha value is -1.10. The van der Waals surface area contributed by atoms with Crippen LogP contribution in [0.4, 0.5) is 0 Å². The minimum atomic E-state index is 0.465. The Bertz CT molecular complexity index is 536. The van der Waals surface area contributed by atoms with Gasteiger partial charge < -0.3 is 5.11 Å². The lowest BCUT2D eigenvalue weighted by atomic mass is 10.1. The maximum absolute atomic E-state index is 10.5. The zero-order valence-electron chi connectivity index (χ0n) is 17.0. The average molecular weight is 348 g/mol. The van der Waals surface area contributed by atoms with Crippen LogP contribution < -0.4 is 0 Å². The third kappa shape index (κ3) is 5.70. The molecule has 1 saturated heterocycles. The van der Waals surface area contributed by atoms with Gasteiger partial charge in [-0.3, -0.25) is 14.7 Å². The number of nitrogens with zero attached hydrogens (tertiary/aromatic N) is 3. The van der Waals surface area contributed by atoms with Gasteiger partial charge in [-0.05, 0) is 47.1 Å². The van der Waals surface area contributed by atoms with Crippen molar-refractivity contribution in [1.29, 1.82) is 0 Å². The summed E-state index contributed by atoms with van der Waals surface area (Å²) in [5.41, 5.74) is 3.26. The van der Waals surface area contributed by atoms with E-state index >= 15 is 0 Å². The molecule has 0 bridgehead atoms. The van der Waals surface area contributed by atoms with Crippen LogP contribution in [0.1, 0.15) is 44.4 Å². The first-order valence-corrected chi connectivity index (χ1v) is 9.77. The minimum Gasteiger partial charge on any atom is -0.507 e. The van der Waals surface area contributed by atoms with E-state index in [4.69, 9.17) is 0 Å². The molecule has 0 radical (unpaired) electrons. The van der Waals surface area contributed by atoms with Crippen molar-refractivity contribution in [2.75, 3.05) is 39.3 Å². The van der Waals surface area contributed by atoms with Gasteiger partial charge in [0.1, 0.15) is 5.75 Å². The summed E-state index contributed by atoms with van der Waals surface area (Å²) in [6.07, 6.45) is 0. The van der Waals surface area contributed by atoms with Gasteiger partial charge in [-0.15, -0.1) is 0 Å². The van der Waals surface area contributed by atoms with Crippen LogP contribution in [0.2, 0.25) is 0 Å². The number of hydrogen-bond acceptors (Lipinski definition) is 4. The van der Waals surface area contributed by atoms with Gasteiger partial charge in [0.05, 0.1) is 0 Å². The summed E-state index contributed by atoms with van der Waals surface area (Å²) in [4.78, 5) is 7.66. The SMILES string of the molecule is Cc1cc(C)c(O)c(CN2CCN(C(C)C)CCN(C(C)C)CC2)c1. The fraction of sp³-hybridized carbons (Fsp3) is 0.714. The van der Waals surface area contributed by atoms with Gasteiger partial charge >= 0.3 is 0 Å². The fourth-order valence-electron chi connectivity index (χ4n) is 3.73. The number of phenols is 1. The Balaban J connectivity index is 2.15. The summed E-state index contributed by atoms with van der Waals surface area (Å²) >= 11 is 0. The third-order valence-electron chi connectivity index (χ3n) is 5.46. The predicted octanol–water partition coefficient (Wildman–Crippen LogP) is 3.25. The molecule has 0 aromatic heterocycles. The zero-order chi connectivity index (χ0) is 18.6. The molecule has 1 heterocycles. The number of rotatable bonds is 4. The summed E-state index contributed by atoms with van der Waals surface area (Å²) in [7, 11) is 0. The van der Waals surface area contributed by atoms with Crippen LogP contribution in [-0.2, 0) is 6.54 Å². The molecule has 1 aliphatic heterocycles. The van der Waals surface area contributed by atoms with Crippen LogP contribution in [0.3, 0.4) is 0 Å². The normalized spacial score (nSPS) is 19.2. The summed E-state index contributed by atoms with van der Waals surface area (Å²) in [6.45, 7) is 20.6. The van der Waals surface area contributed by atoms with E-state index in [0.29, 0.717) is 17.8 Å². The molecule has 0 amide bonds. The van der Waals surface area contributed by atoms with Crippen molar-refractivity contribution in [2.24, 2.45) is 0 Å². The lowest BCUT2D eigenvalue weighted by molar-refractivity contribution is 0.169. The van der Waals surface area contributed by atoms with E-state index in [0.717, 1.165) is 56.9 Å². The molecular weight excluding hydrogens is 310 g/mol. The van der Waals surface area contributed by atoms with Gasteiger partial charge in [-0.25, -0.2) is 0 Å². The molecule has 4 nitrogen and oxygen atoms in total. The van der Waals surface area contributed by atoms with Crippen molar-refractivity contribution in [3.63, 3.8) is 0 Å². The summed E-state index contributed by atoms with van der Waals surface area (Å²) in [5.74, 6) is 0.465. The first kappa shape index (κ1) is 20.2. The van der Waals surface area contributed by atoms with E-state index in [1.54, 1.807) is 0 Å². The second-order valence-corrected chi connectivity index (χ2v) is 8.13. The first-order chi connectivity index (χ1) is 11.8. The summed E-state index contributed by atoms with van der Waals surface area (Å²) in [5, 5.41) is 10.5.